The van der Waals surface area contributed by atoms with E-state index in [0.29, 0.717) is 5.56 Å². The van der Waals surface area contributed by atoms with Gasteiger partial charge in [0.25, 0.3) is 0 Å². The standard InChI is InChI=1S/C50H30N4/c51-31-38-30-50(52-45-14-6-3-11-40(38)45)54-47-16-8-5-13-42(47)44-29-37(22-26-49(44)54)36-21-25-48-43(28-36)41-12-4-7-15-46(41)53(48)39-23-19-33(20-24-39)35-18-17-32-9-1-2-10-34(32)27-35/h1-30H. The molecule has 250 valence electrons. The normalized spacial score (nSPS) is 11.7. The van der Waals surface area contributed by atoms with E-state index in [0.717, 1.165) is 55.3 Å². The molecule has 11 aromatic rings. The van der Waals surface area contributed by atoms with Crippen molar-refractivity contribution in [1.82, 2.24) is 14.1 Å². The van der Waals surface area contributed by atoms with Crippen LogP contribution >= 0.6 is 0 Å². The molecule has 0 unspecified atom stereocenters. The van der Waals surface area contributed by atoms with Gasteiger partial charge in [-0.05, 0) is 99.8 Å². The molecular weight excluding hydrogens is 657 g/mol. The predicted octanol–water partition coefficient (Wildman–Crippen LogP) is 12.8. The quantitative estimate of drug-likeness (QED) is 0.185. The SMILES string of the molecule is N#Cc1cc(-n2c3ccccc3c3cc(-c4ccc5c(c4)c4ccccc4n5-c4ccc(-c5ccc6ccccc6c5)cc4)ccc32)nc2ccccc12. The third kappa shape index (κ3) is 4.59. The van der Waals surface area contributed by atoms with Crippen molar-refractivity contribution in [3.05, 3.63) is 188 Å². The van der Waals surface area contributed by atoms with Crippen molar-refractivity contribution in [2.45, 2.75) is 0 Å². The van der Waals surface area contributed by atoms with Crippen LogP contribution in [0, 0.1) is 11.3 Å². The first kappa shape index (κ1) is 30.2. The molecule has 0 aliphatic heterocycles. The van der Waals surface area contributed by atoms with Gasteiger partial charge in [0.2, 0.25) is 0 Å². The number of pyridine rings is 1. The van der Waals surface area contributed by atoms with E-state index >= 15 is 0 Å². The summed E-state index contributed by atoms with van der Waals surface area (Å²) in [6.45, 7) is 0. The number of nitriles is 1. The molecule has 0 spiro atoms. The van der Waals surface area contributed by atoms with Gasteiger partial charge in [-0.2, -0.15) is 5.26 Å². The number of hydrogen-bond acceptors (Lipinski definition) is 2. The van der Waals surface area contributed by atoms with Crippen LogP contribution in [0.5, 0.6) is 0 Å². The van der Waals surface area contributed by atoms with Crippen molar-refractivity contribution in [3.63, 3.8) is 0 Å². The summed E-state index contributed by atoms with van der Waals surface area (Å²) in [5.74, 6) is 0.740. The number of fused-ring (bicyclic) bond motifs is 8. The molecule has 4 heteroatoms. The zero-order valence-corrected chi connectivity index (χ0v) is 29.1. The van der Waals surface area contributed by atoms with E-state index in [9.17, 15) is 5.26 Å². The summed E-state index contributed by atoms with van der Waals surface area (Å²) in [5, 5.41) is 18.1. The molecule has 0 N–H and O–H groups in total. The van der Waals surface area contributed by atoms with Gasteiger partial charge in [0, 0.05) is 32.6 Å². The maximum Gasteiger partial charge on any atom is 0.139 e. The lowest BCUT2D eigenvalue weighted by molar-refractivity contribution is 1.10. The Kier molecular flexibility index (Phi) is 6.58. The van der Waals surface area contributed by atoms with Gasteiger partial charge < -0.3 is 4.57 Å². The fourth-order valence-corrected chi connectivity index (χ4v) is 8.37. The highest BCUT2D eigenvalue weighted by molar-refractivity contribution is 6.12. The molecule has 0 bridgehead atoms. The van der Waals surface area contributed by atoms with Gasteiger partial charge >= 0.3 is 0 Å². The second kappa shape index (κ2) is 11.8. The number of rotatable bonds is 4. The largest absolute Gasteiger partial charge is 0.309 e. The molecule has 11 rings (SSSR count). The first-order valence-corrected chi connectivity index (χ1v) is 18.2. The van der Waals surface area contributed by atoms with Crippen LogP contribution in [0.4, 0.5) is 0 Å². The Morgan fingerprint density at radius 2 is 0.907 bits per heavy atom. The Balaban J connectivity index is 1.03. The average Bonchev–Trinajstić information content (AvgIpc) is 3.75. The van der Waals surface area contributed by atoms with Crippen molar-refractivity contribution in [2.75, 3.05) is 0 Å². The van der Waals surface area contributed by atoms with Gasteiger partial charge in [0.15, 0.2) is 0 Å². The number of para-hydroxylation sites is 3. The van der Waals surface area contributed by atoms with Crippen LogP contribution < -0.4 is 0 Å². The molecule has 0 saturated carbocycles. The van der Waals surface area contributed by atoms with Crippen LogP contribution in [0.3, 0.4) is 0 Å². The number of aromatic nitrogens is 3. The Hall–Kier alpha value is -7.48. The van der Waals surface area contributed by atoms with Crippen molar-refractivity contribution in [3.8, 4) is 39.8 Å². The van der Waals surface area contributed by atoms with Crippen LogP contribution in [-0.4, -0.2) is 14.1 Å². The summed E-state index contributed by atoms with van der Waals surface area (Å²) < 4.78 is 4.56. The molecule has 0 amide bonds. The lowest BCUT2D eigenvalue weighted by Crippen LogP contribution is -1.99. The average molecular weight is 687 g/mol. The predicted molar refractivity (Wildman–Crippen MR) is 224 cm³/mol. The molecule has 0 aliphatic rings. The molecule has 0 fully saturated rings. The summed E-state index contributed by atoms with van der Waals surface area (Å²) >= 11 is 0. The van der Waals surface area contributed by atoms with E-state index < -0.39 is 0 Å². The molecule has 0 saturated heterocycles. The monoisotopic (exact) mass is 686 g/mol. The Morgan fingerprint density at radius 3 is 1.61 bits per heavy atom. The molecular formula is C50H30N4. The van der Waals surface area contributed by atoms with Gasteiger partial charge in [-0.3, -0.25) is 4.57 Å². The third-order valence-electron chi connectivity index (χ3n) is 10.9. The minimum absolute atomic E-state index is 0.617. The highest BCUT2D eigenvalue weighted by Gasteiger charge is 2.18. The molecule has 54 heavy (non-hydrogen) atoms. The maximum atomic E-state index is 10.0. The lowest BCUT2D eigenvalue weighted by atomic mass is 10.0. The van der Waals surface area contributed by atoms with Crippen molar-refractivity contribution in [1.29, 1.82) is 5.26 Å². The van der Waals surface area contributed by atoms with Gasteiger partial charge in [-0.25, -0.2) is 4.98 Å². The number of hydrogen-bond donors (Lipinski definition) is 0. The minimum Gasteiger partial charge on any atom is -0.309 e. The highest BCUT2D eigenvalue weighted by Crippen LogP contribution is 2.39. The Labute approximate surface area is 311 Å². The van der Waals surface area contributed by atoms with Crippen molar-refractivity contribution < 1.29 is 0 Å². The van der Waals surface area contributed by atoms with Crippen LogP contribution in [0.2, 0.25) is 0 Å². The minimum atomic E-state index is 0.617. The first-order chi connectivity index (χ1) is 26.7. The molecule has 0 aliphatic carbocycles. The summed E-state index contributed by atoms with van der Waals surface area (Å²) in [6.07, 6.45) is 0. The summed E-state index contributed by atoms with van der Waals surface area (Å²) in [6, 6.07) is 66.9. The first-order valence-electron chi connectivity index (χ1n) is 18.2. The van der Waals surface area contributed by atoms with Crippen LogP contribution in [0.15, 0.2) is 182 Å². The smallest absolute Gasteiger partial charge is 0.139 e. The van der Waals surface area contributed by atoms with E-state index in [1.165, 1.54) is 43.7 Å². The van der Waals surface area contributed by atoms with Crippen LogP contribution in [-0.2, 0) is 0 Å². The zero-order valence-electron chi connectivity index (χ0n) is 29.1. The van der Waals surface area contributed by atoms with E-state index in [2.05, 4.69) is 167 Å². The highest BCUT2D eigenvalue weighted by atomic mass is 15.1. The molecule has 4 nitrogen and oxygen atoms in total. The number of nitrogens with zero attached hydrogens (tertiary/aromatic N) is 4. The topological polar surface area (TPSA) is 46.5 Å². The van der Waals surface area contributed by atoms with Gasteiger partial charge in [0.05, 0.1) is 39.2 Å². The van der Waals surface area contributed by atoms with Crippen LogP contribution in [0.1, 0.15) is 5.56 Å². The fraction of sp³-hybridized carbons (Fsp3) is 0. The van der Waals surface area contributed by atoms with Gasteiger partial charge in [0.1, 0.15) is 5.82 Å². The second-order valence-electron chi connectivity index (χ2n) is 13.9. The van der Waals surface area contributed by atoms with E-state index in [1.54, 1.807) is 0 Å². The molecule has 8 aromatic carbocycles. The Morgan fingerprint density at radius 1 is 0.389 bits per heavy atom. The molecule has 0 atom stereocenters. The molecule has 3 aromatic heterocycles. The lowest BCUT2D eigenvalue weighted by Gasteiger charge is -2.11. The molecule has 0 radical (unpaired) electrons. The van der Waals surface area contributed by atoms with E-state index in [1.807, 2.05) is 30.3 Å². The Bertz CT molecular complexity index is 3340. The van der Waals surface area contributed by atoms with Crippen molar-refractivity contribution in [2.24, 2.45) is 0 Å². The second-order valence-corrected chi connectivity index (χ2v) is 13.9. The van der Waals surface area contributed by atoms with Gasteiger partial charge in [-0.1, -0.05) is 115 Å². The van der Waals surface area contributed by atoms with E-state index in [4.69, 9.17) is 4.98 Å². The van der Waals surface area contributed by atoms with Gasteiger partial charge in [-0.15, -0.1) is 0 Å². The number of benzene rings is 8. The van der Waals surface area contributed by atoms with E-state index in [-0.39, 0.29) is 0 Å². The maximum absolute atomic E-state index is 10.0. The zero-order chi connectivity index (χ0) is 35.8. The summed E-state index contributed by atoms with van der Waals surface area (Å²) in [5.41, 5.74) is 11.7. The summed E-state index contributed by atoms with van der Waals surface area (Å²) in [4.78, 5) is 5.04. The molecule has 3 heterocycles. The van der Waals surface area contributed by atoms with Crippen LogP contribution in [0.25, 0.3) is 99.0 Å². The third-order valence-corrected chi connectivity index (χ3v) is 10.9. The van der Waals surface area contributed by atoms with Crippen molar-refractivity contribution >= 4 is 65.3 Å². The fourth-order valence-electron chi connectivity index (χ4n) is 8.37. The summed E-state index contributed by atoms with van der Waals surface area (Å²) in [7, 11) is 0.